The van der Waals surface area contributed by atoms with Crippen LogP contribution in [-0.2, 0) is 0 Å². The molecule has 0 amide bonds. The van der Waals surface area contributed by atoms with E-state index in [-0.39, 0.29) is 11.7 Å². The fraction of sp³-hybridized carbons (Fsp3) is 0. The van der Waals surface area contributed by atoms with E-state index in [4.69, 9.17) is 10.9 Å². The maximum Gasteiger partial charge on any atom is 0.220 e. The zero-order valence-corrected chi connectivity index (χ0v) is 9.67. The first kappa shape index (κ1) is 11.1. The standard InChI is InChI=1S/C11H9N7O/c12-10(17-19)11-13-6-18(16-11)9-5-14-15-8-4-2-1-3-7(8)9/h1-6,19H,(H2,12,17). The van der Waals surface area contributed by atoms with E-state index in [1.807, 2.05) is 24.3 Å². The van der Waals surface area contributed by atoms with Gasteiger partial charge in [0.15, 0.2) is 0 Å². The second kappa shape index (κ2) is 4.33. The highest BCUT2D eigenvalue weighted by atomic mass is 16.4. The minimum absolute atomic E-state index is 0.142. The Labute approximate surface area is 107 Å². The van der Waals surface area contributed by atoms with Gasteiger partial charge in [-0.1, -0.05) is 23.4 Å². The molecule has 94 valence electrons. The fourth-order valence-electron chi connectivity index (χ4n) is 1.72. The molecule has 0 atom stereocenters. The first-order valence-corrected chi connectivity index (χ1v) is 5.40. The average molecular weight is 255 g/mol. The van der Waals surface area contributed by atoms with E-state index < -0.39 is 0 Å². The highest BCUT2D eigenvalue weighted by molar-refractivity contribution is 5.93. The Bertz CT molecular complexity index is 759. The summed E-state index contributed by atoms with van der Waals surface area (Å²) in [6, 6.07) is 7.54. The molecular formula is C11H9N7O. The average Bonchev–Trinajstić information content (AvgIpc) is 2.95. The number of rotatable bonds is 2. The van der Waals surface area contributed by atoms with Crippen LogP contribution in [-0.4, -0.2) is 36.0 Å². The van der Waals surface area contributed by atoms with E-state index >= 15 is 0 Å². The molecular weight excluding hydrogens is 246 g/mol. The summed E-state index contributed by atoms with van der Waals surface area (Å²) in [5.41, 5.74) is 6.90. The molecule has 0 saturated carbocycles. The van der Waals surface area contributed by atoms with Crippen LogP contribution in [0.3, 0.4) is 0 Å². The smallest absolute Gasteiger partial charge is 0.220 e. The van der Waals surface area contributed by atoms with E-state index in [2.05, 4.69) is 25.4 Å². The molecule has 3 aromatic rings. The molecule has 3 N–H and O–H groups in total. The van der Waals surface area contributed by atoms with Crippen LogP contribution in [0.25, 0.3) is 16.6 Å². The molecule has 0 aliphatic heterocycles. The van der Waals surface area contributed by atoms with Gasteiger partial charge in [0.2, 0.25) is 11.7 Å². The predicted octanol–water partition coefficient (Wildman–Crippen LogP) is 0.305. The Morgan fingerprint density at radius 1 is 1.32 bits per heavy atom. The summed E-state index contributed by atoms with van der Waals surface area (Å²) in [5.74, 6) is -0.00605. The fourth-order valence-corrected chi connectivity index (χ4v) is 1.72. The lowest BCUT2D eigenvalue weighted by Gasteiger charge is -2.03. The van der Waals surface area contributed by atoms with Gasteiger partial charge in [-0.2, -0.15) is 10.2 Å². The third kappa shape index (κ3) is 1.84. The van der Waals surface area contributed by atoms with Gasteiger partial charge in [0.1, 0.15) is 6.33 Å². The topological polar surface area (TPSA) is 115 Å². The molecule has 2 heterocycles. The quantitative estimate of drug-likeness (QED) is 0.294. The van der Waals surface area contributed by atoms with Gasteiger partial charge in [0, 0.05) is 5.39 Å². The SMILES string of the molecule is NC(=NO)c1ncn(-c2cnnc3ccccc23)n1. The number of nitrogens with zero attached hydrogens (tertiary/aromatic N) is 6. The van der Waals surface area contributed by atoms with Crippen molar-refractivity contribution in [3.63, 3.8) is 0 Å². The van der Waals surface area contributed by atoms with E-state index in [0.717, 1.165) is 16.6 Å². The molecule has 1 aromatic carbocycles. The van der Waals surface area contributed by atoms with Crippen molar-refractivity contribution in [2.75, 3.05) is 0 Å². The van der Waals surface area contributed by atoms with Crippen LogP contribution in [0.4, 0.5) is 0 Å². The largest absolute Gasteiger partial charge is 0.409 e. The number of fused-ring (bicyclic) bond motifs is 1. The number of hydrogen-bond acceptors (Lipinski definition) is 6. The Morgan fingerprint density at radius 2 is 2.16 bits per heavy atom. The van der Waals surface area contributed by atoms with Gasteiger partial charge >= 0.3 is 0 Å². The molecule has 3 rings (SSSR count). The molecule has 0 spiro atoms. The molecule has 8 nitrogen and oxygen atoms in total. The van der Waals surface area contributed by atoms with Crippen LogP contribution in [0.15, 0.2) is 41.9 Å². The lowest BCUT2D eigenvalue weighted by atomic mass is 10.2. The molecule has 2 aromatic heterocycles. The summed E-state index contributed by atoms with van der Waals surface area (Å²) in [6.07, 6.45) is 3.05. The Kier molecular flexibility index (Phi) is 2.53. The molecule has 19 heavy (non-hydrogen) atoms. The van der Waals surface area contributed by atoms with Crippen molar-refractivity contribution in [3.8, 4) is 5.69 Å². The zero-order chi connectivity index (χ0) is 13.2. The van der Waals surface area contributed by atoms with Crippen molar-refractivity contribution in [2.24, 2.45) is 10.9 Å². The van der Waals surface area contributed by atoms with Crippen molar-refractivity contribution in [1.29, 1.82) is 0 Å². The lowest BCUT2D eigenvalue weighted by molar-refractivity contribution is 0.318. The molecule has 0 radical (unpaired) electrons. The van der Waals surface area contributed by atoms with Gasteiger partial charge in [0.25, 0.3) is 0 Å². The van der Waals surface area contributed by atoms with Gasteiger partial charge in [-0.15, -0.1) is 5.10 Å². The van der Waals surface area contributed by atoms with Gasteiger partial charge in [-0.3, -0.25) is 0 Å². The highest BCUT2D eigenvalue weighted by Gasteiger charge is 2.10. The third-order valence-electron chi connectivity index (χ3n) is 2.60. The van der Waals surface area contributed by atoms with Gasteiger partial charge in [-0.25, -0.2) is 9.67 Å². The Morgan fingerprint density at radius 3 is 3.00 bits per heavy atom. The van der Waals surface area contributed by atoms with Crippen LogP contribution in [0, 0.1) is 0 Å². The second-order valence-corrected chi connectivity index (χ2v) is 3.74. The summed E-state index contributed by atoms with van der Waals surface area (Å²) in [4.78, 5) is 3.96. The Hall–Kier alpha value is -3.03. The number of oxime groups is 1. The number of nitrogens with two attached hydrogens (primary N) is 1. The summed E-state index contributed by atoms with van der Waals surface area (Å²) in [6.45, 7) is 0. The first-order chi connectivity index (χ1) is 9.29. The summed E-state index contributed by atoms with van der Waals surface area (Å²) in [5, 5.41) is 24.4. The van der Waals surface area contributed by atoms with Crippen molar-refractivity contribution >= 4 is 16.7 Å². The monoisotopic (exact) mass is 255 g/mol. The van der Waals surface area contributed by atoms with Crippen molar-refractivity contribution < 1.29 is 5.21 Å². The van der Waals surface area contributed by atoms with Crippen molar-refractivity contribution in [1.82, 2.24) is 25.0 Å². The first-order valence-electron chi connectivity index (χ1n) is 5.40. The summed E-state index contributed by atoms with van der Waals surface area (Å²) < 4.78 is 1.50. The molecule has 0 bridgehead atoms. The van der Waals surface area contributed by atoms with Crippen LogP contribution < -0.4 is 5.73 Å². The molecule has 0 fully saturated rings. The van der Waals surface area contributed by atoms with Crippen LogP contribution in [0.1, 0.15) is 5.82 Å². The third-order valence-corrected chi connectivity index (χ3v) is 2.60. The van der Waals surface area contributed by atoms with E-state index in [1.165, 1.54) is 11.0 Å². The number of amidine groups is 1. The maximum absolute atomic E-state index is 8.59. The van der Waals surface area contributed by atoms with Crippen LogP contribution in [0.2, 0.25) is 0 Å². The summed E-state index contributed by atoms with van der Waals surface area (Å²) in [7, 11) is 0. The van der Waals surface area contributed by atoms with Crippen LogP contribution >= 0.6 is 0 Å². The molecule has 0 saturated heterocycles. The van der Waals surface area contributed by atoms with Crippen LogP contribution in [0.5, 0.6) is 0 Å². The van der Waals surface area contributed by atoms with Gasteiger partial charge in [0.05, 0.1) is 17.4 Å². The van der Waals surface area contributed by atoms with E-state index in [0.29, 0.717) is 0 Å². The number of benzene rings is 1. The van der Waals surface area contributed by atoms with Gasteiger partial charge in [-0.05, 0) is 6.07 Å². The predicted molar refractivity (Wildman–Crippen MR) is 67.0 cm³/mol. The zero-order valence-electron chi connectivity index (χ0n) is 9.67. The molecule has 0 aliphatic rings. The van der Waals surface area contributed by atoms with Gasteiger partial charge < -0.3 is 10.9 Å². The van der Waals surface area contributed by atoms with Crippen molar-refractivity contribution in [3.05, 3.63) is 42.6 Å². The minimum atomic E-state index is -0.148. The maximum atomic E-state index is 8.59. The number of aromatic nitrogens is 5. The minimum Gasteiger partial charge on any atom is -0.409 e. The van der Waals surface area contributed by atoms with E-state index in [9.17, 15) is 0 Å². The molecule has 0 aliphatic carbocycles. The second-order valence-electron chi connectivity index (χ2n) is 3.74. The van der Waals surface area contributed by atoms with E-state index in [1.54, 1.807) is 6.20 Å². The number of hydrogen-bond donors (Lipinski definition) is 2. The molecule has 8 heteroatoms. The highest BCUT2D eigenvalue weighted by Crippen LogP contribution is 2.17. The van der Waals surface area contributed by atoms with Crippen molar-refractivity contribution in [2.45, 2.75) is 0 Å². The lowest BCUT2D eigenvalue weighted by Crippen LogP contribution is -2.15. The Balaban J connectivity index is 2.17. The molecule has 0 unspecified atom stereocenters. The normalized spacial score (nSPS) is 11.9. The summed E-state index contributed by atoms with van der Waals surface area (Å²) >= 11 is 0.